The van der Waals surface area contributed by atoms with Crippen LogP contribution in [0.4, 0.5) is 26.3 Å². The van der Waals surface area contributed by atoms with Gasteiger partial charge in [0.25, 0.3) is 5.91 Å². The molecule has 0 aliphatic heterocycles. The number of amides is 1. The summed E-state index contributed by atoms with van der Waals surface area (Å²) in [5.74, 6) is -2.41. The topological polar surface area (TPSA) is 105 Å². The van der Waals surface area contributed by atoms with E-state index in [1.165, 1.54) is 38.1 Å². The van der Waals surface area contributed by atoms with Crippen molar-refractivity contribution >= 4 is 17.6 Å². The summed E-state index contributed by atoms with van der Waals surface area (Å²) in [5.41, 5.74) is 2.34. The molecule has 12 heteroatoms. The number of carbonyl (C=O) groups excluding carboxylic acids is 1. The molecule has 6 nitrogen and oxygen atoms in total. The molecule has 0 radical (unpaired) electrons. The second-order valence-electron chi connectivity index (χ2n) is 7.92. The Kier molecular flexibility index (Phi) is 8.55. The lowest BCUT2D eigenvalue weighted by atomic mass is 9.98. The summed E-state index contributed by atoms with van der Waals surface area (Å²) in [6.45, 7) is 2.98. The van der Waals surface area contributed by atoms with Crippen LogP contribution >= 0.6 is 0 Å². The molecular weight excluding hydrogens is 492 g/mol. The maximum absolute atomic E-state index is 13.7. The van der Waals surface area contributed by atoms with E-state index in [1.54, 1.807) is 0 Å². The van der Waals surface area contributed by atoms with Crippen molar-refractivity contribution in [3.8, 4) is 0 Å². The summed E-state index contributed by atoms with van der Waals surface area (Å²) in [7, 11) is 0.811. The molecule has 2 aromatic rings. The molecule has 0 unspecified atom stereocenters. The quantitative estimate of drug-likeness (QED) is 0.275. The van der Waals surface area contributed by atoms with Crippen LogP contribution in [-0.2, 0) is 17.4 Å². The molecule has 0 saturated carbocycles. The lowest BCUT2D eigenvalue weighted by Crippen LogP contribution is -2.38. The second-order valence-corrected chi connectivity index (χ2v) is 7.92. The number of halogens is 6. The summed E-state index contributed by atoms with van der Waals surface area (Å²) in [6, 6.07) is 7.12. The minimum atomic E-state index is -5.08. The number of nitrogens with zero attached hydrogens (tertiary/aromatic N) is 1. The molecule has 0 bridgehead atoms. The van der Waals surface area contributed by atoms with Gasteiger partial charge in [-0.05, 0) is 42.7 Å². The first-order chi connectivity index (χ1) is 16.6. The van der Waals surface area contributed by atoms with Crippen molar-refractivity contribution in [3.63, 3.8) is 0 Å². The molecule has 0 fully saturated rings. The van der Waals surface area contributed by atoms with Crippen molar-refractivity contribution < 1.29 is 41.0 Å². The van der Waals surface area contributed by atoms with E-state index in [0.717, 1.165) is 25.2 Å². The van der Waals surface area contributed by atoms with E-state index < -0.39 is 59.2 Å². The van der Waals surface area contributed by atoms with Crippen LogP contribution in [0.15, 0.2) is 58.7 Å². The molecule has 4 N–H and O–H groups in total. The molecular formula is C24H23F6N3O3. The van der Waals surface area contributed by atoms with E-state index in [4.69, 9.17) is 10.8 Å². The van der Waals surface area contributed by atoms with Crippen LogP contribution in [0.25, 0.3) is 0 Å². The van der Waals surface area contributed by atoms with E-state index in [1.807, 2.05) is 0 Å². The highest BCUT2D eigenvalue weighted by molar-refractivity contribution is 6.24. The highest BCUT2D eigenvalue weighted by atomic mass is 19.4. The molecule has 1 amide bonds. The monoisotopic (exact) mass is 515 g/mol. The van der Waals surface area contributed by atoms with E-state index in [9.17, 15) is 35.9 Å². The average molecular weight is 515 g/mol. The molecule has 2 aromatic carbocycles. The van der Waals surface area contributed by atoms with Crippen molar-refractivity contribution in [3.05, 3.63) is 81.6 Å². The Labute approximate surface area is 202 Å². The zero-order valence-electron chi connectivity index (χ0n) is 19.4. The molecule has 0 spiro atoms. The van der Waals surface area contributed by atoms with Crippen LogP contribution < -0.4 is 11.1 Å². The third kappa shape index (κ3) is 6.86. The number of rotatable bonds is 7. The highest BCUT2D eigenvalue weighted by Crippen LogP contribution is 2.30. The Morgan fingerprint density at radius 1 is 1.08 bits per heavy atom. The number of carboxylic acids is 1. The Bertz CT molecular complexity index is 1220. The fraction of sp³-hybridized carbons (Fsp3) is 0.292. The molecule has 1 atom stereocenters. The Hall–Kier alpha value is -3.83. The van der Waals surface area contributed by atoms with Crippen LogP contribution in [0, 0.1) is 6.92 Å². The van der Waals surface area contributed by atoms with Crippen LogP contribution in [0.1, 0.15) is 45.6 Å². The van der Waals surface area contributed by atoms with Gasteiger partial charge in [0.2, 0.25) is 0 Å². The smallest absolute Gasteiger partial charge is 0.433 e. The second kappa shape index (κ2) is 10.8. The maximum atomic E-state index is 13.7. The van der Waals surface area contributed by atoms with Crippen LogP contribution in [0.2, 0.25) is 0 Å². The number of allylic oxidation sites excluding steroid dienone is 1. The molecule has 0 aliphatic carbocycles. The van der Waals surface area contributed by atoms with Gasteiger partial charge in [-0.25, -0.2) is 4.79 Å². The Morgan fingerprint density at radius 2 is 1.72 bits per heavy atom. The van der Waals surface area contributed by atoms with Crippen molar-refractivity contribution in [1.82, 2.24) is 5.32 Å². The van der Waals surface area contributed by atoms with Gasteiger partial charge in [0.05, 0.1) is 22.7 Å². The van der Waals surface area contributed by atoms with Crippen LogP contribution in [0.5, 0.6) is 0 Å². The highest BCUT2D eigenvalue weighted by Gasteiger charge is 2.41. The number of hydrogen-bond acceptors (Lipinski definition) is 4. The summed E-state index contributed by atoms with van der Waals surface area (Å²) in [4.78, 5) is 27.4. The van der Waals surface area contributed by atoms with E-state index in [0.29, 0.717) is 11.1 Å². The van der Waals surface area contributed by atoms with Gasteiger partial charge in [-0.3, -0.25) is 9.79 Å². The number of nitrogens with two attached hydrogens (primary N) is 1. The molecule has 0 aromatic heterocycles. The van der Waals surface area contributed by atoms with Crippen LogP contribution in [-0.4, -0.2) is 35.9 Å². The molecule has 0 saturated heterocycles. The van der Waals surface area contributed by atoms with E-state index in [2.05, 4.69) is 10.3 Å². The molecule has 2 rings (SSSR count). The number of hydrogen-bond donors (Lipinski definition) is 3. The number of nitrogens with one attached hydrogen (secondary N) is 1. The van der Waals surface area contributed by atoms with Crippen molar-refractivity contribution in [1.29, 1.82) is 0 Å². The van der Waals surface area contributed by atoms with Gasteiger partial charge in [-0.1, -0.05) is 30.3 Å². The Balaban J connectivity index is 2.47. The van der Waals surface area contributed by atoms with Gasteiger partial charge in [0.15, 0.2) is 5.71 Å². The number of benzene rings is 2. The van der Waals surface area contributed by atoms with Gasteiger partial charge < -0.3 is 16.2 Å². The van der Waals surface area contributed by atoms with Crippen LogP contribution in [0.3, 0.4) is 0 Å². The minimum absolute atomic E-state index is 0.0145. The summed E-state index contributed by atoms with van der Waals surface area (Å²) in [6.07, 6.45) is -10.3. The standard InChI is InChI=1S/C24H23F6N3O3/c1-12-9-15(7-8-17(12)22(35)36)13(2)33-21(34)19(20(32-3)24(28,29)30)18(31)11-14-5-4-6-16(10-14)23(25,26)27/h4-10,13H,11,31H2,1-3H3,(H,33,34)(H,35,36)/t13-/m0/s1. The van der Waals surface area contributed by atoms with E-state index >= 15 is 0 Å². The van der Waals surface area contributed by atoms with Crippen molar-refractivity contribution in [2.45, 2.75) is 38.7 Å². The molecule has 194 valence electrons. The number of carbonyl (C=O) groups is 2. The summed E-state index contributed by atoms with van der Waals surface area (Å²) in [5, 5.41) is 11.5. The SMILES string of the molecule is CN=C(C(C(=O)N[C@@H](C)c1ccc(C(=O)O)c(C)c1)=C(N)Cc1cccc(C(F)(F)F)c1)C(F)(F)F. The molecule has 0 heterocycles. The van der Waals surface area contributed by atoms with Crippen molar-refractivity contribution in [2.75, 3.05) is 7.05 Å². The fourth-order valence-corrected chi connectivity index (χ4v) is 3.50. The van der Waals surface area contributed by atoms with Gasteiger partial charge in [0, 0.05) is 19.2 Å². The maximum Gasteiger partial charge on any atom is 0.433 e. The van der Waals surface area contributed by atoms with Crippen molar-refractivity contribution in [2.24, 2.45) is 10.7 Å². The van der Waals surface area contributed by atoms with Gasteiger partial charge in [-0.15, -0.1) is 0 Å². The summed E-state index contributed by atoms with van der Waals surface area (Å²) < 4.78 is 80.1. The number of aromatic carboxylic acids is 1. The number of aryl methyl sites for hydroxylation is 1. The first kappa shape index (κ1) is 28.4. The molecule has 36 heavy (non-hydrogen) atoms. The van der Waals surface area contributed by atoms with Gasteiger partial charge >= 0.3 is 18.3 Å². The third-order valence-electron chi connectivity index (χ3n) is 5.25. The Morgan fingerprint density at radius 3 is 2.22 bits per heavy atom. The third-order valence-corrected chi connectivity index (χ3v) is 5.25. The number of alkyl halides is 6. The first-order valence-corrected chi connectivity index (χ1v) is 10.4. The van der Waals surface area contributed by atoms with Gasteiger partial charge in [0.1, 0.15) is 0 Å². The average Bonchev–Trinajstić information content (AvgIpc) is 2.75. The summed E-state index contributed by atoms with van der Waals surface area (Å²) >= 11 is 0. The first-order valence-electron chi connectivity index (χ1n) is 10.4. The predicted molar refractivity (Wildman–Crippen MR) is 120 cm³/mol. The zero-order chi connectivity index (χ0) is 27.4. The predicted octanol–water partition coefficient (Wildman–Crippen LogP) is 4.98. The molecule has 0 aliphatic rings. The van der Waals surface area contributed by atoms with E-state index in [-0.39, 0.29) is 11.1 Å². The number of aliphatic imine (C=N–C) groups is 1. The minimum Gasteiger partial charge on any atom is -0.478 e. The lowest BCUT2D eigenvalue weighted by molar-refractivity contribution is -0.137. The normalized spacial score (nSPS) is 14.2. The largest absolute Gasteiger partial charge is 0.478 e. The fourth-order valence-electron chi connectivity index (χ4n) is 3.50. The lowest BCUT2D eigenvalue weighted by Gasteiger charge is -2.20. The van der Waals surface area contributed by atoms with Gasteiger partial charge in [-0.2, -0.15) is 26.3 Å². The number of carboxylic acid groups (broad SMARTS) is 1. The zero-order valence-corrected chi connectivity index (χ0v) is 19.4.